The Labute approximate surface area is 132 Å². The number of hydrogen-bond acceptors (Lipinski definition) is 5. The largest absolute Gasteiger partial charge is 0.355 e. The van der Waals surface area contributed by atoms with Crippen LogP contribution in [0, 0.1) is 0 Å². The summed E-state index contributed by atoms with van der Waals surface area (Å²) in [7, 11) is -3.21. The molecule has 0 radical (unpaired) electrons. The highest BCUT2D eigenvalue weighted by molar-refractivity contribution is 7.88. The molecule has 1 aromatic heterocycles. The van der Waals surface area contributed by atoms with Gasteiger partial charge in [0.25, 0.3) is 0 Å². The number of nitrogens with zero attached hydrogens (tertiary/aromatic N) is 4. The quantitative estimate of drug-likeness (QED) is 0.850. The molecule has 0 aromatic carbocycles. The molecule has 6 nitrogen and oxygen atoms in total. The van der Waals surface area contributed by atoms with Gasteiger partial charge in [0.05, 0.1) is 12.3 Å². The monoisotopic (exact) mass is 324 g/mol. The predicted octanol–water partition coefficient (Wildman–Crippen LogP) is 1.95. The minimum Gasteiger partial charge on any atom is -0.355 e. The Balaban J connectivity index is 1.93. The lowest BCUT2D eigenvalue weighted by molar-refractivity contribution is 0.393. The van der Waals surface area contributed by atoms with E-state index in [4.69, 9.17) is 0 Å². The zero-order valence-corrected chi connectivity index (χ0v) is 13.9. The first-order valence-corrected chi connectivity index (χ1v) is 9.95. The minimum absolute atomic E-state index is 0.165. The molecule has 3 heterocycles. The van der Waals surface area contributed by atoms with E-state index in [9.17, 15) is 8.42 Å². The van der Waals surface area contributed by atoms with Crippen molar-refractivity contribution < 1.29 is 8.42 Å². The second kappa shape index (κ2) is 6.50. The summed E-state index contributed by atoms with van der Waals surface area (Å²) in [6, 6.07) is -0.165. The van der Waals surface area contributed by atoms with Crippen LogP contribution < -0.4 is 4.90 Å². The maximum Gasteiger partial charge on any atom is 0.211 e. The van der Waals surface area contributed by atoms with Crippen LogP contribution in [0.1, 0.15) is 50.3 Å². The van der Waals surface area contributed by atoms with E-state index in [1.807, 2.05) is 0 Å². The van der Waals surface area contributed by atoms with Crippen LogP contribution in [0.4, 0.5) is 5.82 Å². The Morgan fingerprint density at radius 1 is 1.00 bits per heavy atom. The lowest BCUT2D eigenvalue weighted by Crippen LogP contribution is -2.33. The zero-order chi connectivity index (χ0) is 15.6. The molecule has 0 amide bonds. The number of anilines is 1. The predicted molar refractivity (Wildman–Crippen MR) is 86.2 cm³/mol. The van der Waals surface area contributed by atoms with Crippen LogP contribution in [-0.2, 0) is 10.0 Å². The second-order valence-corrected chi connectivity index (χ2v) is 8.13. The normalized spacial score (nSPS) is 24.4. The van der Waals surface area contributed by atoms with E-state index in [0.29, 0.717) is 6.54 Å². The molecule has 3 rings (SSSR count). The molecule has 0 saturated carbocycles. The van der Waals surface area contributed by atoms with Crippen LogP contribution in [0.15, 0.2) is 12.4 Å². The summed E-state index contributed by atoms with van der Waals surface area (Å²) >= 11 is 0. The third-order valence-corrected chi connectivity index (χ3v) is 5.85. The van der Waals surface area contributed by atoms with E-state index >= 15 is 0 Å². The molecule has 0 bridgehead atoms. The third-order valence-electron chi connectivity index (χ3n) is 4.56. The molecule has 1 atom stereocenters. The maximum atomic E-state index is 12.0. The summed E-state index contributed by atoms with van der Waals surface area (Å²) in [5.41, 5.74) is 0.826. The van der Waals surface area contributed by atoms with Gasteiger partial charge >= 0.3 is 0 Å². The van der Waals surface area contributed by atoms with Crippen LogP contribution in [-0.4, -0.2) is 48.6 Å². The van der Waals surface area contributed by atoms with Gasteiger partial charge in [0.1, 0.15) is 5.69 Å². The van der Waals surface area contributed by atoms with E-state index in [-0.39, 0.29) is 6.04 Å². The molecule has 1 unspecified atom stereocenters. The lowest BCUT2D eigenvalue weighted by atomic mass is 10.1. The molecule has 2 aliphatic rings. The van der Waals surface area contributed by atoms with Crippen molar-refractivity contribution in [2.45, 2.75) is 44.6 Å². The molecular formula is C15H24N4O2S. The number of aromatic nitrogens is 2. The number of sulfonamides is 1. The van der Waals surface area contributed by atoms with E-state index < -0.39 is 10.0 Å². The van der Waals surface area contributed by atoms with Crippen LogP contribution in [0.3, 0.4) is 0 Å². The van der Waals surface area contributed by atoms with Crippen LogP contribution in [0.25, 0.3) is 0 Å². The van der Waals surface area contributed by atoms with Crippen molar-refractivity contribution in [2.24, 2.45) is 0 Å². The summed E-state index contributed by atoms with van der Waals surface area (Å²) in [6.07, 6.45) is 11.2. The molecule has 0 spiro atoms. The third kappa shape index (κ3) is 3.25. The Morgan fingerprint density at radius 2 is 1.68 bits per heavy atom. The average molecular weight is 324 g/mol. The Bertz CT molecular complexity index is 612. The Kier molecular flexibility index (Phi) is 4.63. The summed E-state index contributed by atoms with van der Waals surface area (Å²) < 4.78 is 25.6. The first-order valence-electron chi connectivity index (χ1n) is 8.10. The van der Waals surface area contributed by atoms with Crippen molar-refractivity contribution in [3.8, 4) is 0 Å². The van der Waals surface area contributed by atoms with Crippen molar-refractivity contribution >= 4 is 15.8 Å². The van der Waals surface area contributed by atoms with Crippen molar-refractivity contribution in [1.82, 2.24) is 14.3 Å². The van der Waals surface area contributed by atoms with Gasteiger partial charge in [-0.3, -0.25) is 4.98 Å². The van der Waals surface area contributed by atoms with E-state index in [1.54, 1.807) is 16.7 Å². The van der Waals surface area contributed by atoms with Gasteiger partial charge in [0.2, 0.25) is 10.0 Å². The van der Waals surface area contributed by atoms with Gasteiger partial charge in [-0.1, -0.05) is 12.8 Å². The van der Waals surface area contributed by atoms with Gasteiger partial charge in [-0.05, 0) is 25.7 Å². The maximum absolute atomic E-state index is 12.0. The van der Waals surface area contributed by atoms with Crippen molar-refractivity contribution in [3.05, 3.63) is 18.1 Å². The fourth-order valence-electron chi connectivity index (χ4n) is 3.51. The SMILES string of the molecule is CS(=O)(=O)N1CCCC1c1nccnc1N1CCCCCC1. The van der Waals surface area contributed by atoms with E-state index in [1.165, 1.54) is 19.1 Å². The summed E-state index contributed by atoms with van der Waals surface area (Å²) in [5, 5.41) is 0. The molecular weight excluding hydrogens is 300 g/mol. The standard InChI is InChI=1S/C15H24N4O2S/c1-22(20,21)19-12-6-7-13(19)14-15(17-9-8-16-14)18-10-4-2-3-5-11-18/h8-9,13H,2-7,10-12H2,1H3. The smallest absolute Gasteiger partial charge is 0.211 e. The molecule has 0 N–H and O–H groups in total. The van der Waals surface area contributed by atoms with Gasteiger partial charge in [-0.25, -0.2) is 13.4 Å². The number of hydrogen-bond donors (Lipinski definition) is 0. The topological polar surface area (TPSA) is 66.4 Å². The Hall–Kier alpha value is -1.21. The molecule has 0 aliphatic carbocycles. The van der Waals surface area contributed by atoms with Gasteiger partial charge in [0.15, 0.2) is 5.82 Å². The summed E-state index contributed by atoms with van der Waals surface area (Å²) in [4.78, 5) is 11.4. The first-order chi connectivity index (χ1) is 10.6. The minimum atomic E-state index is -3.21. The average Bonchev–Trinajstić information content (AvgIpc) is 2.84. The van der Waals surface area contributed by atoms with Crippen molar-refractivity contribution in [1.29, 1.82) is 0 Å². The fourth-order valence-corrected chi connectivity index (χ4v) is 4.64. The molecule has 2 fully saturated rings. The molecule has 7 heteroatoms. The Morgan fingerprint density at radius 3 is 2.36 bits per heavy atom. The van der Waals surface area contributed by atoms with Crippen LogP contribution >= 0.6 is 0 Å². The fraction of sp³-hybridized carbons (Fsp3) is 0.733. The van der Waals surface area contributed by atoms with Crippen LogP contribution in [0.2, 0.25) is 0 Å². The van der Waals surface area contributed by atoms with Gasteiger partial charge in [0, 0.05) is 32.0 Å². The molecule has 122 valence electrons. The van der Waals surface area contributed by atoms with Crippen molar-refractivity contribution in [2.75, 3.05) is 30.8 Å². The highest BCUT2D eigenvalue weighted by Crippen LogP contribution is 2.36. The summed E-state index contributed by atoms with van der Waals surface area (Å²) in [5.74, 6) is 0.880. The molecule has 22 heavy (non-hydrogen) atoms. The number of rotatable bonds is 3. The zero-order valence-electron chi connectivity index (χ0n) is 13.1. The van der Waals surface area contributed by atoms with Crippen molar-refractivity contribution in [3.63, 3.8) is 0 Å². The highest BCUT2D eigenvalue weighted by atomic mass is 32.2. The molecule has 2 aliphatic heterocycles. The second-order valence-electron chi connectivity index (χ2n) is 6.20. The van der Waals surface area contributed by atoms with Gasteiger partial charge < -0.3 is 4.90 Å². The molecule has 2 saturated heterocycles. The lowest BCUT2D eigenvalue weighted by Gasteiger charge is -2.28. The van der Waals surface area contributed by atoms with Gasteiger partial charge in [-0.2, -0.15) is 4.31 Å². The summed E-state index contributed by atoms with van der Waals surface area (Å²) in [6.45, 7) is 2.55. The van der Waals surface area contributed by atoms with E-state index in [0.717, 1.165) is 50.3 Å². The van der Waals surface area contributed by atoms with Crippen LogP contribution in [0.5, 0.6) is 0 Å². The molecule has 1 aromatic rings. The van der Waals surface area contributed by atoms with Gasteiger partial charge in [-0.15, -0.1) is 0 Å². The first kappa shape index (κ1) is 15.7. The van der Waals surface area contributed by atoms with E-state index in [2.05, 4.69) is 14.9 Å². The highest BCUT2D eigenvalue weighted by Gasteiger charge is 2.36.